The average molecular weight is 312 g/mol. The normalized spacial score (nSPS) is 20.1. The molecule has 1 saturated heterocycles. The van der Waals surface area contributed by atoms with Crippen molar-refractivity contribution in [1.29, 1.82) is 0 Å². The summed E-state index contributed by atoms with van der Waals surface area (Å²) in [6.07, 6.45) is 2.14. The third kappa shape index (κ3) is 4.05. The van der Waals surface area contributed by atoms with Crippen molar-refractivity contribution >= 4 is 5.96 Å². The molecule has 2 rings (SSSR count). The number of piperidine rings is 1. The highest BCUT2D eigenvalue weighted by molar-refractivity contribution is 5.78. The lowest BCUT2D eigenvalue weighted by atomic mass is 10.0. The number of hydrogen-bond acceptors (Lipinski definition) is 3. The lowest BCUT2D eigenvalue weighted by Gasteiger charge is -2.31. The standard InChI is InChI=1S/C15H22F2N4O/c1-11-5-4-8-21(9-11)14(18)19-10-15(16,17)12-6-3-7-13(20-12)22-2/h3,6-7,11H,4-5,8-10H2,1-2H3,(H2,18,19). The van der Waals surface area contributed by atoms with Crippen LogP contribution < -0.4 is 10.5 Å². The summed E-state index contributed by atoms with van der Waals surface area (Å²) in [6.45, 7) is 2.93. The number of pyridine rings is 1. The van der Waals surface area contributed by atoms with Gasteiger partial charge in [0.2, 0.25) is 5.88 Å². The van der Waals surface area contributed by atoms with E-state index in [2.05, 4.69) is 16.9 Å². The molecule has 5 nitrogen and oxygen atoms in total. The van der Waals surface area contributed by atoms with Crippen molar-refractivity contribution in [3.05, 3.63) is 23.9 Å². The van der Waals surface area contributed by atoms with Crippen molar-refractivity contribution in [2.75, 3.05) is 26.7 Å². The zero-order valence-electron chi connectivity index (χ0n) is 12.9. The Morgan fingerprint density at radius 1 is 1.55 bits per heavy atom. The minimum absolute atomic E-state index is 0.152. The van der Waals surface area contributed by atoms with Gasteiger partial charge in [0.05, 0.1) is 7.11 Å². The molecule has 1 aliphatic heterocycles. The van der Waals surface area contributed by atoms with Gasteiger partial charge in [-0.05, 0) is 24.8 Å². The van der Waals surface area contributed by atoms with Crippen molar-refractivity contribution in [1.82, 2.24) is 9.88 Å². The van der Waals surface area contributed by atoms with Crippen molar-refractivity contribution in [2.45, 2.75) is 25.7 Å². The van der Waals surface area contributed by atoms with E-state index in [9.17, 15) is 8.78 Å². The summed E-state index contributed by atoms with van der Waals surface area (Å²) in [7, 11) is 1.39. The van der Waals surface area contributed by atoms with E-state index < -0.39 is 12.5 Å². The smallest absolute Gasteiger partial charge is 0.309 e. The molecule has 0 aliphatic carbocycles. The van der Waals surface area contributed by atoms with Crippen molar-refractivity contribution < 1.29 is 13.5 Å². The molecule has 122 valence electrons. The molecule has 0 amide bonds. The first-order valence-corrected chi connectivity index (χ1v) is 7.36. The summed E-state index contributed by atoms with van der Waals surface area (Å²) in [5, 5.41) is 0. The van der Waals surface area contributed by atoms with Gasteiger partial charge in [-0.3, -0.25) is 0 Å². The molecule has 1 aromatic rings. The molecule has 1 fully saturated rings. The van der Waals surface area contributed by atoms with Gasteiger partial charge < -0.3 is 15.4 Å². The fourth-order valence-electron chi connectivity index (χ4n) is 2.49. The first-order chi connectivity index (χ1) is 10.4. The van der Waals surface area contributed by atoms with Crippen LogP contribution in [0.15, 0.2) is 23.2 Å². The van der Waals surface area contributed by atoms with Gasteiger partial charge in [-0.1, -0.05) is 13.0 Å². The Balaban J connectivity index is 2.05. The van der Waals surface area contributed by atoms with Gasteiger partial charge in [-0.25, -0.2) is 9.98 Å². The molecule has 1 aliphatic rings. The van der Waals surface area contributed by atoms with Gasteiger partial charge in [-0.15, -0.1) is 0 Å². The van der Waals surface area contributed by atoms with Crippen LogP contribution in [0, 0.1) is 5.92 Å². The first-order valence-electron chi connectivity index (χ1n) is 7.36. The summed E-state index contributed by atoms with van der Waals surface area (Å²) in [5.74, 6) is -2.35. The molecule has 7 heteroatoms. The zero-order valence-corrected chi connectivity index (χ0v) is 12.9. The van der Waals surface area contributed by atoms with Crippen LogP contribution in [0.1, 0.15) is 25.5 Å². The molecule has 1 atom stereocenters. The fraction of sp³-hybridized carbons (Fsp3) is 0.600. The predicted molar refractivity (Wildman–Crippen MR) is 81.1 cm³/mol. The summed E-state index contributed by atoms with van der Waals surface area (Å²) in [4.78, 5) is 9.51. The molecule has 0 spiro atoms. The Hall–Kier alpha value is -1.92. The van der Waals surface area contributed by atoms with Crippen LogP contribution >= 0.6 is 0 Å². The Labute approximate surface area is 129 Å². The highest BCUT2D eigenvalue weighted by Crippen LogP contribution is 2.28. The molecule has 1 unspecified atom stereocenters. The second kappa shape index (κ2) is 6.89. The minimum atomic E-state index is -3.18. The number of guanidine groups is 1. The van der Waals surface area contributed by atoms with Crippen molar-refractivity contribution in [3.63, 3.8) is 0 Å². The number of halogens is 2. The van der Waals surface area contributed by atoms with Crippen LogP contribution in [0.3, 0.4) is 0 Å². The van der Waals surface area contributed by atoms with Crippen LogP contribution in [0.5, 0.6) is 5.88 Å². The zero-order chi connectivity index (χ0) is 16.2. The van der Waals surface area contributed by atoms with Gasteiger partial charge in [-0.2, -0.15) is 8.78 Å². The van der Waals surface area contributed by atoms with Crippen LogP contribution in [0.4, 0.5) is 8.78 Å². The maximum atomic E-state index is 14.2. The number of aliphatic imine (C=N–C) groups is 1. The lowest BCUT2D eigenvalue weighted by Crippen LogP contribution is -2.44. The molecule has 1 aromatic heterocycles. The molecule has 0 aromatic carbocycles. The number of aromatic nitrogens is 1. The number of alkyl halides is 2. The van der Waals surface area contributed by atoms with Gasteiger partial charge in [0.25, 0.3) is 0 Å². The fourth-order valence-corrected chi connectivity index (χ4v) is 2.49. The number of nitrogens with two attached hydrogens (primary N) is 1. The number of ether oxygens (including phenoxy) is 1. The largest absolute Gasteiger partial charge is 0.481 e. The quantitative estimate of drug-likeness (QED) is 0.684. The molecule has 2 heterocycles. The Kier molecular flexibility index (Phi) is 5.15. The molecule has 0 bridgehead atoms. The van der Waals surface area contributed by atoms with Gasteiger partial charge >= 0.3 is 5.92 Å². The van der Waals surface area contributed by atoms with Gasteiger partial charge in [0, 0.05) is 19.2 Å². The number of hydrogen-bond donors (Lipinski definition) is 1. The van der Waals surface area contributed by atoms with Crippen LogP contribution in [0.2, 0.25) is 0 Å². The first kappa shape index (κ1) is 16.5. The van der Waals surface area contributed by atoms with E-state index >= 15 is 0 Å². The topological polar surface area (TPSA) is 63.7 Å². The summed E-state index contributed by atoms with van der Waals surface area (Å²) >= 11 is 0. The SMILES string of the molecule is COc1cccc(C(F)(F)CN=C(N)N2CCCC(C)C2)n1. The van der Waals surface area contributed by atoms with E-state index in [0.29, 0.717) is 5.92 Å². The Bertz CT molecular complexity index is 536. The van der Waals surface area contributed by atoms with E-state index in [4.69, 9.17) is 10.5 Å². The molecular weight excluding hydrogens is 290 g/mol. The molecular formula is C15H22F2N4O. The van der Waals surface area contributed by atoms with Gasteiger partial charge in [0.15, 0.2) is 5.96 Å². The number of rotatable bonds is 4. The van der Waals surface area contributed by atoms with Gasteiger partial charge in [0.1, 0.15) is 12.2 Å². The van der Waals surface area contributed by atoms with E-state index in [1.807, 2.05) is 4.90 Å². The van der Waals surface area contributed by atoms with E-state index in [0.717, 1.165) is 25.9 Å². The number of likely N-dealkylation sites (tertiary alicyclic amines) is 1. The second-order valence-electron chi connectivity index (χ2n) is 5.64. The number of nitrogens with zero attached hydrogens (tertiary/aromatic N) is 3. The predicted octanol–water partition coefficient (Wildman–Crippen LogP) is 2.23. The Morgan fingerprint density at radius 2 is 2.32 bits per heavy atom. The maximum absolute atomic E-state index is 14.2. The average Bonchev–Trinajstić information content (AvgIpc) is 2.52. The van der Waals surface area contributed by atoms with E-state index in [-0.39, 0.29) is 17.5 Å². The molecule has 2 N–H and O–H groups in total. The summed E-state index contributed by atoms with van der Waals surface area (Å²) < 4.78 is 33.2. The molecule has 0 radical (unpaired) electrons. The summed E-state index contributed by atoms with van der Waals surface area (Å²) in [6, 6.07) is 4.26. The van der Waals surface area contributed by atoms with Crippen LogP contribution in [0.25, 0.3) is 0 Å². The number of methoxy groups -OCH3 is 1. The van der Waals surface area contributed by atoms with Crippen LogP contribution in [-0.2, 0) is 5.92 Å². The molecule has 0 saturated carbocycles. The second-order valence-corrected chi connectivity index (χ2v) is 5.64. The third-order valence-electron chi connectivity index (χ3n) is 3.73. The highest BCUT2D eigenvalue weighted by atomic mass is 19.3. The molecule has 22 heavy (non-hydrogen) atoms. The van der Waals surface area contributed by atoms with E-state index in [1.54, 1.807) is 0 Å². The highest BCUT2D eigenvalue weighted by Gasteiger charge is 2.34. The van der Waals surface area contributed by atoms with Crippen molar-refractivity contribution in [3.8, 4) is 5.88 Å². The Morgan fingerprint density at radius 3 is 3.00 bits per heavy atom. The summed E-state index contributed by atoms with van der Waals surface area (Å²) in [5.41, 5.74) is 5.48. The van der Waals surface area contributed by atoms with Crippen molar-refractivity contribution in [2.24, 2.45) is 16.6 Å². The van der Waals surface area contributed by atoms with Crippen LogP contribution in [-0.4, -0.2) is 42.6 Å². The maximum Gasteiger partial charge on any atom is 0.309 e. The monoisotopic (exact) mass is 312 g/mol. The minimum Gasteiger partial charge on any atom is -0.481 e. The lowest BCUT2D eigenvalue weighted by molar-refractivity contribution is 0.00115. The third-order valence-corrected chi connectivity index (χ3v) is 3.73. The van der Waals surface area contributed by atoms with E-state index in [1.165, 1.54) is 25.3 Å².